The van der Waals surface area contributed by atoms with Gasteiger partial charge in [0, 0.05) is 52.0 Å². The number of carbonyl (C=O) groups excluding carboxylic acids is 1. The molecule has 18 heavy (non-hydrogen) atoms. The molecule has 0 aromatic carbocycles. The van der Waals surface area contributed by atoms with E-state index in [1.807, 2.05) is 14.0 Å². The summed E-state index contributed by atoms with van der Waals surface area (Å²) in [7, 11) is 1.84. The number of piperazine rings is 1. The van der Waals surface area contributed by atoms with Crippen molar-refractivity contribution in [2.24, 2.45) is 7.05 Å². The number of nitrogens with one attached hydrogen (secondary N) is 2. The van der Waals surface area contributed by atoms with Crippen molar-refractivity contribution in [3.8, 4) is 0 Å². The molecule has 6 heteroatoms. The van der Waals surface area contributed by atoms with Crippen molar-refractivity contribution < 1.29 is 4.79 Å². The van der Waals surface area contributed by atoms with Crippen LogP contribution in [-0.4, -0.2) is 59.9 Å². The predicted molar refractivity (Wildman–Crippen MR) is 69.6 cm³/mol. The molecule has 100 valence electrons. The van der Waals surface area contributed by atoms with Gasteiger partial charge in [-0.15, -0.1) is 0 Å². The molecule has 2 N–H and O–H groups in total. The summed E-state index contributed by atoms with van der Waals surface area (Å²) < 4.78 is 1.71. The van der Waals surface area contributed by atoms with Gasteiger partial charge < -0.3 is 10.6 Å². The Balaban J connectivity index is 1.74. The number of aryl methyl sites for hydroxylation is 2. The Labute approximate surface area is 107 Å². The van der Waals surface area contributed by atoms with E-state index in [1.54, 1.807) is 10.7 Å². The van der Waals surface area contributed by atoms with Gasteiger partial charge in [-0.3, -0.25) is 14.4 Å². The number of amides is 1. The van der Waals surface area contributed by atoms with E-state index in [0.717, 1.165) is 38.4 Å². The van der Waals surface area contributed by atoms with E-state index in [1.165, 1.54) is 0 Å². The van der Waals surface area contributed by atoms with E-state index in [4.69, 9.17) is 0 Å². The minimum absolute atomic E-state index is 0.0890. The van der Waals surface area contributed by atoms with Crippen molar-refractivity contribution in [2.75, 3.05) is 39.3 Å². The van der Waals surface area contributed by atoms with Crippen LogP contribution in [0.3, 0.4) is 0 Å². The molecule has 6 nitrogen and oxygen atoms in total. The van der Waals surface area contributed by atoms with Crippen LogP contribution in [0, 0.1) is 6.92 Å². The monoisotopic (exact) mass is 251 g/mol. The first kappa shape index (κ1) is 13.0. The van der Waals surface area contributed by atoms with Crippen LogP contribution in [0.5, 0.6) is 0 Å². The fourth-order valence-corrected chi connectivity index (χ4v) is 2.02. The van der Waals surface area contributed by atoms with Gasteiger partial charge in [-0.25, -0.2) is 0 Å². The molecule has 0 bridgehead atoms. The number of hydrogen-bond acceptors (Lipinski definition) is 4. The quantitative estimate of drug-likeness (QED) is 0.747. The van der Waals surface area contributed by atoms with Crippen LogP contribution in [0.4, 0.5) is 0 Å². The number of rotatable bonds is 4. The van der Waals surface area contributed by atoms with Gasteiger partial charge in [0.25, 0.3) is 5.91 Å². The second-order valence-electron chi connectivity index (χ2n) is 4.64. The van der Waals surface area contributed by atoms with Gasteiger partial charge in [0.15, 0.2) is 0 Å². The molecule has 2 rings (SSSR count). The third kappa shape index (κ3) is 3.30. The fraction of sp³-hybridized carbons (Fsp3) is 0.667. The van der Waals surface area contributed by atoms with Crippen LogP contribution < -0.4 is 10.6 Å². The van der Waals surface area contributed by atoms with E-state index in [-0.39, 0.29) is 5.91 Å². The molecular weight excluding hydrogens is 230 g/mol. The lowest BCUT2D eigenvalue weighted by atomic mass is 10.3. The standard InChI is InChI=1S/C12H21N5O/c1-10-9-11(15-16(10)2)12(18)14-5-8-17-6-3-13-4-7-17/h9,13H,3-8H2,1-2H3,(H,14,18). The van der Waals surface area contributed by atoms with Crippen molar-refractivity contribution >= 4 is 5.91 Å². The fourth-order valence-electron chi connectivity index (χ4n) is 2.02. The highest BCUT2D eigenvalue weighted by atomic mass is 16.1. The highest BCUT2D eigenvalue weighted by Crippen LogP contribution is 2.00. The molecule has 0 atom stereocenters. The molecule has 0 spiro atoms. The van der Waals surface area contributed by atoms with Gasteiger partial charge in [0.1, 0.15) is 5.69 Å². The third-order valence-electron chi connectivity index (χ3n) is 3.27. The molecule has 1 aliphatic rings. The average molecular weight is 251 g/mol. The summed E-state index contributed by atoms with van der Waals surface area (Å²) in [6.07, 6.45) is 0. The van der Waals surface area contributed by atoms with Crippen molar-refractivity contribution in [1.29, 1.82) is 0 Å². The predicted octanol–water partition coefficient (Wildman–Crippen LogP) is -0.636. The SMILES string of the molecule is Cc1cc(C(=O)NCCN2CCNCC2)nn1C. The molecule has 0 unspecified atom stereocenters. The van der Waals surface area contributed by atoms with E-state index in [9.17, 15) is 4.79 Å². The highest BCUT2D eigenvalue weighted by Gasteiger charge is 2.12. The maximum atomic E-state index is 11.8. The second kappa shape index (κ2) is 5.97. The Morgan fingerprint density at radius 1 is 1.50 bits per heavy atom. The number of carbonyl (C=O) groups is 1. The van der Waals surface area contributed by atoms with Crippen LogP contribution >= 0.6 is 0 Å². The molecule has 1 aromatic rings. The first-order valence-corrected chi connectivity index (χ1v) is 6.39. The topological polar surface area (TPSA) is 62.2 Å². The Morgan fingerprint density at radius 2 is 2.22 bits per heavy atom. The molecule has 0 saturated carbocycles. The first-order valence-electron chi connectivity index (χ1n) is 6.39. The average Bonchev–Trinajstić information content (AvgIpc) is 2.71. The summed E-state index contributed by atoms with van der Waals surface area (Å²) in [5.41, 5.74) is 1.48. The smallest absolute Gasteiger partial charge is 0.271 e. The summed E-state index contributed by atoms with van der Waals surface area (Å²) in [5.74, 6) is -0.0890. The zero-order valence-electron chi connectivity index (χ0n) is 11.1. The molecule has 1 aliphatic heterocycles. The minimum atomic E-state index is -0.0890. The molecule has 0 aliphatic carbocycles. The lowest BCUT2D eigenvalue weighted by Crippen LogP contribution is -2.46. The summed E-state index contributed by atoms with van der Waals surface area (Å²) in [5, 5.41) is 10.4. The second-order valence-corrected chi connectivity index (χ2v) is 4.64. The molecule has 2 heterocycles. The molecule has 1 aromatic heterocycles. The van der Waals surface area contributed by atoms with Gasteiger partial charge >= 0.3 is 0 Å². The van der Waals surface area contributed by atoms with Gasteiger partial charge in [0.2, 0.25) is 0 Å². The van der Waals surface area contributed by atoms with Gasteiger partial charge in [-0.2, -0.15) is 5.10 Å². The maximum Gasteiger partial charge on any atom is 0.271 e. The summed E-state index contributed by atoms with van der Waals surface area (Å²) in [4.78, 5) is 14.2. The van der Waals surface area contributed by atoms with Crippen molar-refractivity contribution in [1.82, 2.24) is 25.3 Å². The highest BCUT2D eigenvalue weighted by molar-refractivity contribution is 5.92. The molecule has 1 fully saturated rings. The van der Waals surface area contributed by atoms with E-state index in [2.05, 4.69) is 20.6 Å². The minimum Gasteiger partial charge on any atom is -0.349 e. The number of hydrogen-bond donors (Lipinski definition) is 2. The van der Waals surface area contributed by atoms with E-state index in [0.29, 0.717) is 12.2 Å². The summed E-state index contributed by atoms with van der Waals surface area (Å²) in [6, 6.07) is 1.81. The summed E-state index contributed by atoms with van der Waals surface area (Å²) in [6.45, 7) is 7.69. The summed E-state index contributed by atoms with van der Waals surface area (Å²) >= 11 is 0. The van der Waals surface area contributed by atoms with Crippen LogP contribution in [0.1, 0.15) is 16.2 Å². The molecule has 1 saturated heterocycles. The van der Waals surface area contributed by atoms with Crippen molar-refractivity contribution in [3.63, 3.8) is 0 Å². The van der Waals surface area contributed by atoms with Crippen molar-refractivity contribution in [2.45, 2.75) is 6.92 Å². The lowest BCUT2D eigenvalue weighted by molar-refractivity contribution is 0.0941. The number of nitrogens with zero attached hydrogens (tertiary/aromatic N) is 3. The molecule has 1 amide bonds. The van der Waals surface area contributed by atoms with Crippen LogP contribution in [0.15, 0.2) is 6.07 Å². The zero-order valence-corrected chi connectivity index (χ0v) is 11.1. The van der Waals surface area contributed by atoms with Crippen molar-refractivity contribution in [3.05, 3.63) is 17.5 Å². The third-order valence-corrected chi connectivity index (χ3v) is 3.27. The van der Waals surface area contributed by atoms with E-state index >= 15 is 0 Å². The van der Waals surface area contributed by atoms with E-state index < -0.39 is 0 Å². The van der Waals surface area contributed by atoms with Crippen LogP contribution in [-0.2, 0) is 7.05 Å². The van der Waals surface area contributed by atoms with Gasteiger partial charge in [0.05, 0.1) is 0 Å². The van der Waals surface area contributed by atoms with Gasteiger partial charge in [-0.1, -0.05) is 0 Å². The van der Waals surface area contributed by atoms with Gasteiger partial charge in [-0.05, 0) is 13.0 Å². The Bertz CT molecular complexity index is 389. The Hall–Kier alpha value is -1.40. The Morgan fingerprint density at radius 3 is 2.83 bits per heavy atom. The zero-order chi connectivity index (χ0) is 13.0. The van der Waals surface area contributed by atoms with Crippen LogP contribution in [0.2, 0.25) is 0 Å². The largest absolute Gasteiger partial charge is 0.349 e. The van der Waals surface area contributed by atoms with Crippen LogP contribution in [0.25, 0.3) is 0 Å². The molecular formula is C12H21N5O. The molecule has 0 radical (unpaired) electrons. The normalized spacial score (nSPS) is 16.8. The first-order chi connectivity index (χ1) is 8.66. The Kier molecular flexibility index (Phi) is 4.33. The maximum absolute atomic E-state index is 11.8. The lowest BCUT2D eigenvalue weighted by Gasteiger charge is -2.26. The number of aromatic nitrogens is 2.